The normalized spacial score (nSPS) is 20.9. The van der Waals surface area contributed by atoms with Crippen LogP contribution >= 0.6 is 11.6 Å². The minimum Gasteiger partial charge on any atom is -0.306 e. The lowest BCUT2D eigenvalue weighted by Gasteiger charge is -2.38. The first kappa shape index (κ1) is 14.7. The lowest BCUT2D eigenvalue weighted by molar-refractivity contribution is 0.161. The van der Waals surface area contributed by atoms with Crippen molar-refractivity contribution in [2.75, 3.05) is 14.1 Å². The summed E-state index contributed by atoms with van der Waals surface area (Å²) in [6.07, 6.45) is 6.00. The van der Waals surface area contributed by atoms with E-state index >= 15 is 0 Å². The molecule has 1 aromatic carbocycles. The van der Waals surface area contributed by atoms with E-state index in [4.69, 9.17) is 16.6 Å². The van der Waals surface area contributed by atoms with E-state index in [-0.39, 0.29) is 0 Å². The van der Waals surface area contributed by atoms with Gasteiger partial charge in [-0.1, -0.05) is 41.9 Å². The van der Waals surface area contributed by atoms with Crippen LogP contribution in [0, 0.1) is 0 Å². The first-order valence-electron chi connectivity index (χ1n) is 7.89. The SMILES string of the molecule is CN(C)[C@H]1C[C@@H](c2nc(-c3ccccc3)c3c(Cl)nccn32)C1. The lowest BCUT2D eigenvalue weighted by Crippen LogP contribution is -2.39. The molecule has 1 aliphatic rings. The number of rotatable bonds is 3. The van der Waals surface area contributed by atoms with Crippen molar-refractivity contribution in [3.63, 3.8) is 0 Å². The maximum atomic E-state index is 6.39. The molecule has 0 N–H and O–H groups in total. The Hall–Kier alpha value is -1.91. The summed E-state index contributed by atoms with van der Waals surface area (Å²) in [7, 11) is 4.28. The highest BCUT2D eigenvalue weighted by molar-refractivity contribution is 6.33. The summed E-state index contributed by atoms with van der Waals surface area (Å²) in [5.41, 5.74) is 2.91. The van der Waals surface area contributed by atoms with Crippen LogP contribution in [0.4, 0.5) is 0 Å². The van der Waals surface area contributed by atoms with E-state index in [9.17, 15) is 0 Å². The Morgan fingerprint density at radius 2 is 1.91 bits per heavy atom. The molecule has 0 bridgehead atoms. The molecule has 0 amide bonds. The van der Waals surface area contributed by atoms with E-state index in [2.05, 4.69) is 40.5 Å². The highest BCUT2D eigenvalue weighted by atomic mass is 35.5. The summed E-state index contributed by atoms with van der Waals surface area (Å²) >= 11 is 6.39. The van der Waals surface area contributed by atoms with Gasteiger partial charge in [-0.3, -0.25) is 4.40 Å². The van der Waals surface area contributed by atoms with Gasteiger partial charge in [-0.05, 0) is 26.9 Å². The molecule has 0 unspecified atom stereocenters. The molecule has 0 aliphatic heterocycles. The van der Waals surface area contributed by atoms with E-state index < -0.39 is 0 Å². The topological polar surface area (TPSA) is 33.4 Å². The number of fused-ring (bicyclic) bond motifs is 1. The third-order valence-corrected chi connectivity index (χ3v) is 5.07. The molecule has 23 heavy (non-hydrogen) atoms. The third-order valence-electron chi connectivity index (χ3n) is 4.79. The van der Waals surface area contributed by atoms with Crippen LogP contribution in [0.15, 0.2) is 42.7 Å². The minimum absolute atomic E-state index is 0.478. The van der Waals surface area contributed by atoms with Gasteiger partial charge in [0.05, 0.1) is 5.69 Å². The van der Waals surface area contributed by atoms with Gasteiger partial charge in [0.25, 0.3) is 0 Å². The Labute approximate surface area is 140 Å². The van der Waals surface area contributed by atoms with Crippen LogP contribution in [-0.4, -0.2) is 39.4 Å². The number of benzene rings is 1. The van der Waals surface area contributed by atoms with Crippen molar-refractivity contribution in [3.8, 4) is 11.3 Å². The second kappa shape index (κ2) is 5.62. The number of nitrogens with zero attached hydrogens (tertiary/aromatic N) is 4. The van der Waals surface area contributed by atoms with E-state index in [1.165, 1.54) is 0 Å². The van der Waals surface area contributed by atoms with Gasteiger partial charge >= 0.3 is 0 Å². The van der Waals surface area contributed by atoms with Crippen LogP contribution in [-0.2, 0) is 0 Å². The number of halogens is 1. The molecule has 1 saturated carbocycles. The highest BCUT2D eigenvalue weighted by Gasteiger charge is 2.35. The van der Waals surface area contributed by atoms with Crippen molar-refractivity contribution in [2.45, 2.75) is 24.8 Å². The van der Waals surface area contributed by atoms with Gasteiger partial charge in [0.1, 0.15) is 11.3 Å². The van der Waals surface area contributed by atoms with Crippen LogP contribution < -0.4 is 0 Å². The number of hydrogen-bond acceptors (Lipinski definition) is 3. The van der Waals surface area contributed by atoms with Crippen LogP contribution in [0.25, 0.3) is 16.8 Å². The van der Waals surface area contributed by atoms with E-state index in [0.717, 1.165) is 35.4 Å². The van der Waals surface area contributed by atoms with Crippen LogP contribution in [0.5, 0.6) is 0 Å². The maximum Gasteiger partial charge on any atom is 0.155 e. The summed E-state index contributed by atoms with van der Waals surface area (Å²) in [4.78, 5) is 11.5. The molecule has 4 nitrogen and oxygen atoms in total. The van der Waals surface area contributed by atoms with Crippen LogP contribution in [0.3, 0.4) is 0 Å². The third kappa shape index (κ3) is 2.42. The molecule has 2 aromatic heterocycles. The number of hydrogen-bond donors (Lipinski definition) is 0. The van der Waals surface area contributed by atoms with Crippen molar-refractivity contribution in [3.05, 3.63) is 53.7 Å². The zero-order valence-corrected chi connectivity index (χ0v) is 14.0. The Morgan fingerprint density at radius 3 is 2.61 bits per heavy atom. The molecule has 0 atom stereocenters. The summed E-state index contributed by atoms with van der Waals surface area (Å²) < 4.78 is 2.12. The summed E-state index contributed by atoms with van der Waals surface area (Å²) in [6, 6.07) is 10.8. The van der Waals surface area contributed by atoms with Crippen molar-refractivity contribution in [1.29, 1.82) is 0 Å². The van der Waals surface area contributed by atoms with E-state index in [1.807, 2.05) is 24.4 Å². The van der Waals surface area contributed by atoms with Crippen LogP contribution in [0.2, 0.25) is 5.15 Å². The summed E-state index contributed by atoms with van der Waals surface area (Å²) in [5.74, 6) is 1.58. The smallest absolute Gasteiger partial charge is 0.155 e. The average molecular weight is 327 g/mol. The van der Waals surface area contributed by atoms with Crippen molar-refractivity contribution in [2.24, 2.45) is 0 Å². The molecule has 4 rings (SSSR count). The van der Waals surface area contributed by atoms with E-state index in [0.29, 0.717) is 17.1 Å². The Morgan fingerprint density at radius 1 is 1.17 bits per heavy atom. The zero-order chi connectivity index (χ0) is 16.0. The van der Waals surface area contributed by atoms with Crippen molar-refractivity contribution in [1.82, 2.24) is 19.3 Å². The molecule has 5 heteroatoms. The first-order valence-corrected chi connectivity index (χ1v) is 8.27. The molecular formula is C18H19ClN4. The second-order valence-electron chi connectivity index (χ2n) is 6.41. The molecule has 3 aromatic rings. The second-order valence-corrected chi connectivity index (χ2v) is 6.77. The largest absolute Gasteiger partial charge is 0.306 e. The molecule has 1 aliphatic carbocycles. The Bertz CT molecular complexity index is 835. The average Bonchev–Trinajstić information content (AvgIpc) is 2.87. The molecule has 0 saturated heterocycles. The molecule has 2 heterocycles. The van der Waals surface area contributed by atoms with Gasteiger partial charge in [-0.2, -0.15) is 0 Å². The molecule has 1 fully saturated rings. The van der Waals surface area contributed by atoms with Gasteiger partial charge in [-0.25, -0.2) is 9.97 Å². The quantitative estimate of drug-likeness (QED) is 0.733. The highest BCUT2D eigenvalue weighted by Crippen LogP contribution is 2.41. The number of imidazole rings is 1. The van der Waals surface area contributed by atoms with Gasteiger partial charge in [-0.15, -0.1) is 0 Å². The maximum absolute atomic E-state index is 6.39. The van der Waals surface area contributed by atoms with Crippen molar-refractivity contribution < 1.29 is 0 Å². The summed E-state index contributed by atoms with van der Waals surface area (Å²) in [5, 5.41) is 0.508. The van der Waals surface area contributed by atoms with E-state index in [1.54, 1.807) is 6.20 Å². The molecule has 118 valence electrons. The zero-order valence-electron chi connectivity index (χ0n) is 13.3. The fourth-order valence-corrected chi connectivity index (χ4v) is 3.57. The predicted molar refractivity (Wildman–Crippen MR) is 92.9 cm³/mol. The molecule has 0 radical (unpaired) electrons. The Kier molecular flexibility index (Phi) is 3.58. The number of aromatic nitrogens is 3. The first-order chi connectivity index (χ1) is 11.1. The fourth-order valence-electron chi connectivity index (χ4n) is 3.33. The van der Waals surface area contributed by atoms with Gasteiger partial charge in [0.2, 0.25) is 0 Å². The fraction of sp³-hybridized carbons (Fsp3) is 0.333. The monoisotopic (exact) mass is 326 g/mol. The van der Waals surface area contributed by atoms with Gasteiger partial charge < -0.3 is 4.90 Å². The van der Waals surface area contributed by atoms with Crippen molar-refractivity contribution >= 4 is 17.1 Å². The van der Waals surface area contributed by atoms with Gasteiger partial charge in [0.15, 0.2) is 5.15 Å². The van der Waals surface area contributed by atoms with Gasteiger partial charge in [0, 0.05) is 29.9 Å². The van der Waals surface area contributed by atoms with Crippen LogP contribution in [0.1, 0.15) is 24.6 Å². The molecule has 0 spiro atoms. The molecular weight excluding hydrogens is 308 g/mol. The minimum atomic E-state index is 0.478. The lowest BCUT2D eigenvalue weighted by atomic mass is 9.79. The predicted octanol–water partition coefficient (Wildman–Crippen LogP) is 3.86. The standard InChI is InChI=1S/C18H19ClN4/c1-22(2)14-10-13(11-14)18-21-15(12-6-4-3-5-7-12)16-17(19)20-8-9-23(16)18/h3-9,13-14H,10-11H2,1-2H3/t13-,14+. The Balaban J connectivity index is 1.83. The summed E-state index contributed by atoms with van der Waals surface area (Å²) in [6.45, 7) is 0.